The number of benzene rings is 8. The van der Waals surface area contributed by atoms with Gasteiger partial charge in [-0.25, -0.2) is 31.5 Å². The molecule has 0 saturated heterocycles. The molecule has 22 nitrogen and oxygen atoms in total. The molecule has 0 unspecified atom stereocenters. The highest BCUT2D eigenvalue weighted by Crippen LogP contribution is 2.30. The minimum Gasteiger partial charge on any atom is -0.338 e. The van der Waals surface area contributed by atoms with E-state index in [4.69, 9.17) is 20.8 Å². The number of rotatable bonds is 13. The number of anilines is 2. The SMILES string of the molecule is CC(C)(C)c1ccccc1CC(=O)N1CCc2cc(C(=O)NO)ccc2C1.CCCCC(=O)N1CCc2cc(C(=O)NO)ccc2C1.Cc1cccc(NC(=O)N2CCc3cc(C(=O)NO)ccc3C2)c1.O=C(NO)c1ccc2c(c1)CCN(C(=O)Nc1ccc(Cc3ccccc3)cc1)C2. The van der Waals surface area contributed by atoms with Gasteiger partial charge in [0.25, 0.3) is 23.6 Å². The molecule has 22 heteroatoms. The number of urea groups is 2. The van der Waals surface area contributed by atoms with Crippen LogP contribution >= 0.6 is 0 Å². The average molecular weight is 1370 g/mol. The molecular formula is C79H88N10O12. The Morgan fingerprint density at radius 3 is 1.23 bits per heavy atom. The Kier molecular flexibility index (Phi) is 25.8. The van der Waals surface area contributed by atoms with E-state index in [1.165, 1.54) is 16.7 Å². The number of nitrogens with one attached hydrogen (secondary N) is 6. The second kappa shape index (κ2) is 35.1. The third kappa shape index (κ3) is 20.3. The van der Waals surface area contributed by atoms with Crippen molar-refractivity contribution in [1.29, 1.82) is 0 Å². The topological polar surface area (TPSA) is 303 Å². The molecule has 0 aromatic heterocycles. The predicted molar refractivity (Wildman–Crippen MR) is 383 cm³/mol. The fourth-order valence-corrected chi connectivity index (χ4v) is 12.6. The van der Waals surface area contributed by atoms with E-state index < -0.39 is 23.6 Å². The molecule has 10 amide bonds. The lowest BCUT2D eigenvalue weighted by Crippen LogP contribution is -2.39. The van der Waals surface area contributed by atoms with Crippen LogP contribution in [0, 0.1) is 6.92 Å². The number of aryl methyl sites for hydroxylation is 1. The summed E-state index contributed by atoms with van der Waals surface area (Å²) in [4.78, 5) is 103. The number of carbonyl (C=O) groups excluding carboxylic acids is 8. The summed E-state index contributed by atoms with van der Waals surface area (Å²) in [6.07, 6.45) is 6.59. The lowest BCUT2D eigenvalue weighted by Gasteiger charge is -2.30. The van der Waals surface area contributed by atoms with E-state index in [2.05, 4.69) is 56.5 Å². The third-order valence-electron chi connectivity index (χ3n) is 18.2. The maximum absolute atomic E-state index is 12.9. The predicted octanol–water partition coefficient (Wildman–Crippen LogP) is 11.8. The van der Waals surface area contributed by atoms with Crippen molar-refractivity contribution in [2.75, 3.05) is 36.8 Å². The van der Waals surface area contributed by atoms with Crippen molar-refractivity contribution in [2.24, 2.45) is 0 Å². The van der Waals surface area contributed by atoms with Crippen LogP contribution in [-0.4, -0.2) is 114 Å². The van der Waals surface area contributed by atoms with Crippen molar-refractivity contribution < 1.29 is 59.2 Å². The first-order valence-corrected chi connectivity index (χ1v) is 33.8. The Balaban J connectivity index is 0.000000158. The molecule has 0 aliphatic carbocycles. The Morgan fingerprint density at radius 1 is 0.406 bits per heavy atom. The first kappa shape index (κ1) is 74.2. The van der Waals surface area contributed by atoms with E-state index in [1.54, 1.807) is 80.3 Å². The van der Waals surface area contributed by atoms with Crippen molar-refractivity contribution >= 4 is 58.9 Å². The van der Waals surface area contributed by atoms with Crippen molar-refractivity contribution in [1.82, 2.24) is 41.5 Å². The first-order valence-electron chi connectivity index (χ1n) is 33.8. The van der Waals surface area contributed by atoms with Gasteiger partial charge in [-0.05, 0) is 196 Å². The summed E-state index contributed by atoms with van der Waals surface area (Å²) in [6.45, 7) is 15.1. The van der Waals surface area contributed by atoms with Gasteiger partial charge in [0.05, 0.1) is 6.42 Å². The molecular weight excluding hydrogens is 1280 g/mol. The molecule has 0 spiro atoms. The number of hydrogen-bond donors (Lipinski definition) is 10. The zero-order valence-corrected chi connectivity index (χ0v) is 57.6. The smallest absolute Gasteiger partial charge is 0.322 e. The highest BCUT2D eigenvalue weighted by molar-refractivity contribution is 5.96. The summed E-state index contributed by atoms with van der Waals surface area (Å²) in [6, 6.07) is 54.8. The molecule has 526 valence electrons. The van der Waals surface area contributed by atoms with Gasteiger partial charge < -0.3 is 30.2 Å². The first-order chi connectivity index (χ1) is 48.6. The summed E-state index contributed by atoms with van der Waals surface area (Å²) < 4.78 is 0. The van der Waals surface area contributed by atoms with Crippen molar-refractivity contribution in [3.63, 3.8) is 0 Å². The zero-order valence-electron chi connectivity index (χ0n) is 57.6. The summed E-state index contributed by atoms with van der Waals surface area (Å²) >= 11 is 0. The zero-order chi connectivity index (χ0) is 72.2. The van der Waals surface area contributed by atoms with Crippen molar-refractivity contribution in [2.45, 2.75) is 124 Å². The standard InChI is InChI=1S/C24H23N3O3.C22H26N2O3.C18H19N3O3.C15H20N2O3/c28-23(26-30)20-8-9-21-16-27(13-12-19(21)15-20)24(29)25-22-10-6-18(7-11-22)14-17-4-2-1-3-5-17;1-22(2,3)19-7-5-4-6-16(19)13-20(25)24-11-10-15-12-17(21(26)23-27)8-9-18(15)14-24;1-12-3-2-4-16(9-12)19-18(23)21-8-7-13-10-14(17(22)20-24)5-6-15(13)11-21;1-2-3-4-14(18)17-8-7-11-9-12(15(19)16-20)5-6-13(11)10-17/h1-11,15,30H,12-14,16H2,(H,25,29)(H,26,28);4-9,12,27H,10-11,13-14H2,1-3H3,(H,23,26);2-6,9-10,24H,7-8,11H2,1H3,(H,19,23)(H,20,22);5-6,9,20H,2-4,7-8,10H2,1H3,(H,16,19). The van der Waals surface area contributed by atoms with E-state index in [1.807, 2.05) is 126 Å². The number of nitrogens with zero attached hydrogens (tertiary/aromatic N) is 4. The van der Waals surface area contributed by atoms with E-state index in [-0.39, 0.29) is 29.3 Å². The maximum atomic E-state index is 12.9. The van der Waals surface area contributed by atoms with Crippen molar-refractivity contribution in [3.8, 4) is 0 Å². The summed E-state index contributed by atoms with van der Waals surface area (Å²) in [7, 11) is 0. The van der Waals surface area contributed by atoms with Crippen LogP contribution in [0.15, 0.2) is 176 Å². The van der Waals surface area contributed by atoms with Gasteiger partial charge in [-0.15, -0.1) is 0 Å². The van der Waals surface area contributed by atoms with Crippen LogP contribution in [0.5, 0.6) is 0 Å². The van der Waals surface area contributed by atoms with Crippen LogP contribution in [0.25, 0.3) is 0 Å². The quantitative estimate of drug-likeness (QED) is 0.0381. The minimum absolute atomic E-state index is 0.00491. The van der Waals surface area contributed by atoms with Gasteiger partial charge in [-0.1, -0.05) is 137 Å². The number of hydroxylamine groups is 4. The normalized spacial score (nSPS) is 13.4. The molecule has 0 radical (unpaired) electrons. The average Bonchev–Trinajstić information content (AvgIpc) is 0.828. The molecule has 4 aliphatic heterocycles. The molecule has 8 aromatic carbocycles. The lowest BCUT2D eigenvalue weighted by molar-refractivity contribution is -0.132. The monoisotopic (exact) mass is 1370 g/mol. The molecule has 4 aliphatic rings. The number of carbonyl (C=O) groups is 8. The minimum atomic E-state index is -0.534. The molecule has 12 rings (SSSR count). The Labute approximate surface area is 588 Å². The van der Waals surface area contributed by atoms with E-state index in [9.17, 15) is 38.4 Å². The molecule has 4 heterocycles. The van der Waals surface area contributed by atoms with Crippen LogP contribution in [0.2, 0.25) is 0 Å². The lowest BCUT2D eigenvalue weighted by atomic mass is 9.83. The molecule has 0 bridgehead atoms. The second-order valence-corrected chi connectivity index (χ2v) is 26.4. The molecule has 8 aromatic rings. The molecule has 0 fully saturated rings. The molecule has 10 N–H and O–H groups in total. The van der Waals surface area contributed by atoms with Gasteiger partial charge in [-0.2, -0.15) is 0 Å². The number of unbranched alkanes of at least 4 members (excludes halogenated alkanes) is 1. The molecule has 0 saturated carbocycles. The third-order valence-corrected chi connectivity index (χ3v) is 18.2. The van der Waals surface area contributed by atoms with Gasteiger partial charge in [0.2, 0.25) is 11.8 Å². The number of hydrogen-bond acceptors (Lipinski definition) is 12. The highest BCUT2D eigenvalue weighted by atomic mass is 16.5. The summed E-state index contributed by atoms with van der Waals surface area (Å²) in [5.41, 5.74) is 23.9. The molecule has 101 heavy (non-hydrogen) atoms. The van der Waals surface area contributed by atoms with Gasteiger partial charge in [-0.3, -0.25) is 49.6 Å². The largest absolute Gasteiger partial charge is 0.338 e. The Bertz CT molecular complexity index is 4290. The van der Waals surface area contributed by atoms with Crippen LogP contribution in [-0.2, 0) is 79.7 Å². The van der Waals surface area contributed by atoms with Crippen LogP contribution < -0.4 is 32.6 Å². The van der Waals surface area contributed by atoms with E-state index in [0.29, 0.717) is 107 Å². The Morgan fingerprint density at radius 2 is 0.802 bits per heavy atom. The van der Waals surface area contributed by atoms with Crippen LogP contribution in [0.1, 0.15) is 161 Å². The Hall–Kier alpha value is -11.0. The number of amides is 10. The maximum Gasteiger partial charge on any atom is 0.322 e. The van der Waals surface area contributed by atoms with E-state index >= 15 is 0 Å². The summed E-state index contributed by atoms with van der Waals surface area (Å²) in [5.74, 6) is -1.76. The summed E-state index contributed by atoms with van der Waals surface area (Å²) in [5, 5.41) is 40.8. The van der Waals surface area contributed by atoms with Gasteiger partial charge in [0.15, 0.2) is 0 Å². The fraction of sp³-hybridized carbons (Fsp3) is 0.291. The van der Waals surface area contributed by atoms with Crippen LogP contribution in [0.4, 0.5) is 21.0 Å². The molecule has 0 atom stereocenters. The highest BCUT2D eigenvalue weighted by Gasteiger charge is 2.28. The number of fused-ring (bicyclic) bond motifs is 4. The van der Waals surface area contributed by atoms with Gasteiger partial charge >= 0.3 is 12.1 Å². The fourth-order valence-electron chi connectivity index (χ4n) is 12.6. The van der Waals surface area contributed by atoms with Gasteiger partial charge in [0.1, 0.15) is 0 Å². The van der Waals surface area contributed by atoms with Crippen LogP contribution in [0.3, 0.4) is 0 Å². The van der Waals surface area contributed by atoms with Crippen molar-refractivity contribution in [3.05, 3.63) is 271 Å². The van der Waals surface area contributed by atoms with Gasteiger partial charge in [0, 0.05) is 92.4 Å². The van der Waals surface area contributed by atoms with E-state index in [0.717, 1.165) is 92.7 Å². The second-order valence-electron chi connectivity index (χ2n) is 26.4.